The third-order valence-corrected chi connectivity index (χ3v) is 4.92. The summed E-state index contributed by atoms with van der Waals surface area (Å²) < 4.78 is 11.9. The highest BCUT2D eigenvalue weighted by Crippen LogP contribution is 2.32. The first-order chi connectivity index (χ1) is 13.1. The van der Waals surface area contributed by atoms with E-state index in [1.54, 1.807) is 0 Å². The minimum Gasteiger partial charge on any atom is -0.486 e. The van der Waals surface area contributed by atoms with Crippen molar-refractivity contribution in [1.29, 1.82) is 0 Å². The number of carbonyl (C=O) groups excluding carboxylic acids is 1. The first kappa shape index (κ1) is 19.2. The molecule has 1 amide bonds. The van der Waals surface area contributed by atoms with Gasteiger partial charge in [-0.2, -0.15) is 0 Å². The van der Waals surface area contributed by atoms with E-state index in [0.29, 0.717) is 26.2 Å². The SMILES string of the molecule is CCN(CC)C(=O)C(c1ccccc1)N(C)CC1COc2ccccc2O1. The summed E-state index contributed by atoms with van der Waals surface area (Å²) in [6.45, 7) is 6.49. The highest BCUT2D eigenvalue weighted by atomic mass is 16.6. The number of benzene rings is 2. The van der Waals surface area contributed by atoms with Gasteiger partial charge in [-0.15, -0.1) is 0 Å². The van der Waals surface area contributed by atoms with Gasteiger partial charge in [0.2, 0.25) is 5.91 Å². The maximum absolute atomic E-state index is 13.2. The first-order valence-corrected chi connectivity index (χ1v) is 9.56. The predicted octanol–water partition coefficient (Wildman–Crippen LogP) is 3.37. The molecule has 2 aromatic rings. The van der Waals surface area contributed by atoms with Gasteiger partial charge in [0.25, 0.3) is 0 Å². The molecule has 5 nitrogen and oxygen atoms in total. The summed E-state index contributed by atoms with van der Waals surface area (Å²) in [6.07, 6.45) is -0.124. The quantitative estimate of drug-likeness (QED) is 0.751. The molecule has 0 spiro atoms. The number of hydrogen-bond donors (Lipinski definition) is 0. The van der Waals surface area contributed by atoms with E-state index in [9.17, 15) is 4.79 Å². The Balaban J connectivity index is 1.77. The van der Waals surface area contributed by atoms with Gasteiger partial charge in [-0.3, -0.25) is 9.69 Å². The van der Waals surface area contributed by atoms with E-state index in [4.69, 9.17) is 9.47 Å². The number of hydrogen-bond acceptors (Lipinski definition) is 4. The molecule has 0 bridgehead atoms. The molecule has 0 aliphatic carbocycles. The minimum absolute atomic E-state index is 0.117. The number of fused-ring (bicyclic) bond motifs is 1. The molecule has 0 fully saturated rings. The summed E-state index contributed by atoms with van der Waals surface area (Å²) in [5.41, 5.74) is 0.994. The van der Waals surface area contributed by atoms with Crippen molar-refractivity contribution >= 4 is 5.91 Å². The number of para-hydroxylation sites is 2. The average Bonchev–Trinajstić information content (AvgIpc) is 2.70. The Morgan fingerprint density at radius 1 is 1.04 bits per heavy atom. The van der Waals surface area contributed by atoms with Gasteiger partial charge in [-0.1, -0.05) is 42.5 Å². The fourth-order valence-corrected chi connectivity index (χ4v) is 3.51. The molecule has 5 heteroatoms. The molecule has 144 valence electrons. The van der Waals surface area contributed by atoms with Crippen LogP contribution in [-0.2, 0) is 4.79 Å². The standard InChI is InChI=1S/C22H28N2O3/c1-4-24(5-2)22(25)21(17-11-7-6-8-12-17)23(3)15-18-16-26-19-13-9-10-14-20(19)27-18/h6-14,18,21H,4-5,15-16H2,1-3H3. The minimum atomic E-state index is -0.341. The van der Waals surface area contributed by atoms with Crippen LogP contribution in [-0.4, -0.2) is 55.1 Å². The molecule has 0 aromatic heterocycles. The molecular formula is C22H28N2O3. The number of likely N-dealkylation sites (N-methyl/N-ethyl adjacent to an activating group) is 2. The summed E-state index contributed by atoms with van der Waals surface area (Å²) in [7, 11) is 1.98. The zero-order valence-corrected chi connectivity index (χ0v) is 16.3. The second-order valence-corrected chi connectivity index (χ2v) is 6.76. The molecule has 2 aromatic carbocycles. The summed E-state index contributed by atoms with van der Waals surface area (Å²) in [5, 5.41) is 0. The van der Waals surface area contributed by atoms with Gasteiger partial charge in [-0.25, -0.2) is 0 Å². The van der Waals surface area contributed by atoms with Crippen LogP contribution in [0.1, 0.15) is 25.5 Å². The number of nitrogens with zero attached hydrogens (tertiary/aromatic N) is 2. The molecule has 2 atom stereocenters. The van der Waals surface area contributed by atoms with Crippen molar-refractivity contribution in [2.75, 3.05) is 33.3 Å². The van der Waals surface area contributed by atoms with Crippen LogP contribution in [0.5, 0.6) is 11.5 Å². The molecule has 2 unspecified atom stereocenters. The number of ether oxygens (including phenoxy) is 2. The van der Waals surface area contributed by atoms with E-state index in [0.717, 1.165) is 17.1 Å². The van der Waals surface area contributed by atoms with E-state index in [1.165, 1.54) is 0 Å². The summed E-state index contributed by atoms with van der Waals surface area (Å²) in [6, 6.07) is 17.3. The Kier molecular flexibility index (Phi) is 6.35. The van der Waals surface area contributed by atoms with Crippen LogP contribution in [0.15, 0.2) is 54.6 Å². The highest BCUT2D eigenvalue weighted by Gasteiger charge is 2.31. The van der Waals surface area contributed by atoms with E-state index >= 15 is 0 Å². The normalized spacial score (nSPS) is 16.8. The van der Waals surface area contributed by atoms with Crippen LogP contribution >= 0.6 is 0 Å². The van der Waals surface area contributed by atoms with E-state index in [2.05, 4.69) is 4.90 Å². The van der Waals surface area contributed by atoms with Crippen molar-refractivity contribution in [3.63, 3.8) is 0 Å². The second-order valence-electron chi connectivity index (χ2n) is 6.76. The van der Waals surface area contributed by atoms with Gasteiger partial charge in [0.05, 0.1) is 0 Å². The van der Waals surface area contributed by atoms with Gasteiger partial charge in [-0.05, 0) is 38.6 Å². The van der Waals surface area contributed by atoms with Crippen LogP contribution < -0.4 is 9.47 Å². The smallest absolute Gasteiger partial charge is 0.244 e. The van der Waals surface area contributed by atoms with Crippen LogP contribution in [0, 0.1) is 0 Å². The first-order valence-electron chi connectivity index (χ1n) is 9.56. The van der Waals surface area contributed by atoms with Gasteiger partial charge >= 0.3 is 0 Å². The van der Waals surface area contributed by atoms with Crippen molar-refractivity contribution in [2.24, 2.45) is 0 Å². The molecule has 0 saturated heterocycles. The maximum atomic E-state index is 13.2. The van der Waals surface area contributed by atoms with E-state index < -0.39 is 0 Å². The van der Waals surface area contributed by atoms with E-state index in [-0.39, 0.29) is 18.1 Å². The number of rotatable bonds is 7. The lowest BCUT2D eigenvalue weighted by Crippen LogP contribution is -2.46. The Labute approximate surface area is 161 Å². The predicted molar refractivity (Wildman–Crippen MR) is 106 cm³/mol. The van der Waals surface area contributed by atoms with Crippen molar-refractivity contribution in [3.05, 3.63) is 60.2 Å². The fourth-order valence-electron chi connectivity index (χ4n) is 3.51. The van der Waals surface area contributed by atoms with Gasteiger partial charge in [0, 0.05) is 19.6 Å². The Hall–Kier alpha value is -2.53. The Morgan fingerprint density at radius 3 is 2.33 bits per heavy atom. The number of amides is 1. The molecule has 0 N–H and O–H groups in total. The lowest BCUT2D eigenvalue weighted by atomic mass is 10.0. The molecule has 0 radical (unpaired) electrons. The molecule has 1 heterocycles. The van der Waals surface area contributed by atoms with Gasteiger partial charge in [0.15, 0.2) is 11.5 Å². The van der Waals surface area contributed by atoms with Crippen LogP contribution in [0.2, 0.25) is 0 Å². The van der Waals surface area contributed by atoms with Crippen LogP contribution in [0.4, 0.5) is 0 Å². The highest BCUT2D eigenvalue weighted by molar-refractivity contribution is 5.83. The topological polar surface area (TPSA) is 42.0 Å². The third kappa shape index (κ3) is 4.42. The average molecular weight is 368 g/mol. The lowest BCUT2D eigenvalue weighted by molar-refractivity contribution is -0.137. The van der Waals surface area contributed by atoms with Crippen molar-refractivity contribution < 1.29 is 14.3 Å². The Bertz CT molecular complexity index is 746. The largest absolute Gasteiger partial charge is 0.486 e. The second kappa shape index (κ2) is 8.91. The molecular weight excluding hydrogens is 340 g/mol. The van der Waals surface area contributed by atoms with Gasteiger partial charge < -0.3 is 14.4 Å². The third-order valence-electron chi connectivity index (χ3n) is 4.92. The van der Waals surface area contributed by atoms with Gasteiger partial charge in [0.1, 0.15) is 18.8 Å². The number of carbonyl (C=O) groups is 1. The Morgan fingerprint density at radius 2 is 1.67 bits per heavy atom. The zero-order valence-electron chi connectivity index (χ0n) is 16.3. The van der Waals surface area contributed by atoms with Crippen molar-refractivity contribution in [2.45, 2.75) is 26.0 Å². The lowest BCUT2D eigenvalue weighted by Gasteiger charge is -2.35. The molecule has 3 rings (SSSR count). The van der Waals surface area contributed by atoms with Crippen LogP contribution in [0.3, 0.4) is 0 Å². The summed E-state index contributed by atoms with van der Waals surface area (Å²) in [4.78, 5) is 17.1. The molecule has 1 aliphatic rings. The molecule has 27 heavy (non-hydrogen) atoms. The summed E-state index contributed by atoms with van der Waals surface area (Å²) >= 11 is 0. The maximum Gasteiger partial charge on any atom is 0.244 e. The fraction of sp³-hybridized carbons (Fsp3) is 0.409. The summed E-state index contributed by atoms with van der Waals surface area (Å²) in [5.74, 6) is 1.65. The van der Waals surface area contributed by atoms with Crippen molar-refractivity contribution in [3.8, 4) is 11.5 Å². The molecule has 0 saturated carbocycles. The van der Waals surface area contributed by atoms with E-state index in [1.807, 2.05) is 80.4 Å². The van der Waals surface area contributed by atoms with Crippen molar-refractivity contribution in [1.82, 2.24) is 9.80 Å². The molecule has 1 aliphatic heterocycles. The van der Waals surface area contributed by atoms with Crippen LogP contribution in [0.25, 0.3) is 0 Å². The monoisotopic (exact) mass is 368 g/mol. The zero-order chi connectivity index (χ0) is 19.2.